The summed E-state index contributed by atoms with van der Waals surface area (Å²) in [5, 5.41) is 0. The molecule has 0 unspecified atom stereocenters. The lowest BCUT2D eigenvalue weighted by Gasteiger charge is -1.98. The van der Waals surface area contributed by atoms with Crippen LogP contribution in [-0.2, 0) is 18.9 Å². The van der Waals surface area contributed by atoms with Gasteiger partial charge < -0.3 is 24.4 Å². The summed E-state index contributed by atoms with van der Waals surface area (Å²) in [4.78, 5) is 0. The zero-order valence-electron chi connectivity index (χ0n) is 11.8. The van der Waals surface area contributed by atoms with Crippen molar-refractivity contribution in [1.82, 2.24) is 0 Å². The first-order chi connectivity index (χ1) is 7.83. The van der Waals surface area contributed by atoms with E-state index in [2.05, 4.69) is 13.8 Å². The van der Waals surface area contributed by atoms with E-state index < -0.39 is 0 Å². The second-order valence-corrected chi connectivity index (χ2v) is 3.21. The molecule has 0 spiro atoms. The van der Waals surface area contributed by atoms with Crippen molar-refractivity contribution in [2.24, 2.45) is 0 Å². The van der Waals surface area contributed by atoms with E-state index in [9.17, 15) is 0 Å². The predicted octanol–water partition coefficient (Wildman–Crippen LogP) is 1.29. The Hall–Kier alpha value is -0.200. The van der Waals surface area contributed by atoms with Crippen molar-refractivity contribution in [2.75, 3.05) is 53.9 Å². The van der Waals surface area contributed by atoms with E-state index in [1.807, 2.05) is 0 Å². The molecule has 0 atom stereocenters. The monoisotopic (exact) mass is 254 g/mol. The highest BCUT2D eigenvalue weighted by Crippen LogP contribution is 1.79. The molecule has 0 saturated carbocycles. The van der Waals surface area contributed by atoms with E-state index in [1.54, 1.807) is 14.2 Å². The molecule has 0 amide bonds. The standard InChI is InChI=1S/2C6H14O2.H2O/c2*1-3-4-8-6-5-7-2;/h2*3-6H2,1-2H3;1H2. The molecule has 5 heteroatoms. The quantitative estimate of drug-likeness (QED) is 0.551. The van der Waals surface area contributed by atoms with Crippen LogP contribution in [0, 0.1) is 0 Å². The highest BCUT2D eigenvalue weighted by atomic mass is 16.5. The van der Waals surface area contributed by atoms with E-state index >= 15 is 0 Å². The minimum atomic E-state index is 0. The summed E-state index contributed by atoms with van der Waals surface area (Å²) in [5.41, 5.74) is 0. The molecule has 0 aromatic rings. The van der Waals surface area contributed by atoms with E-state index in [4.69, 9.17) is 18.9 Å². The summed E-state index contributed by atoms with van der Waals surface area (Å²) in [5.74, 6) is 0. The number of hydrogen-bond donors (Lipinski definition) is 0. The summed E-state index contributed by atoms with van der Waals surface area (Å²) in [6.45, 7) is 8.75. The van der Waals surface area contributed by atoms with Crippen LogP contribution in [0.2, 0.25) is 0 Å². The molecule has 0 saturated heterocycles. The van der Waals surface area contributed by atoms with Gasteiger partial charge in [-0.25, -0.2) is 0 Å². The van der Waals surface area contributed by atoms with Crippen LogP contribution in [0.1, 0.15) is 26.7 Å². The van der Waals surface area contributed by atoms with Gasteiger partial charge in [0.05, 0.1) is 26.4 Å². The van der Waals surface area contributed by atoms with Crippen LogP contribution in [0.25, 0.3) is 0 Å². The van der Waals surface area contributed by atoms with Gasteiger partial charge in [-0.3, -0.25) is 0 Å². The van der Waals surface area contributed by atoms with Gasteiger partial charge in [0.2, 0.25) is 0 Å². The molecule has 108 valence electrons. The van der Waals surface area contributed by atoms with Crippen LogP contribution in [-0.4, -0.2) is 59.3 Å². The molecule has 2 N–H and O–H groups in total. The Morgan fingerprint density at radius 3 is 1.18 bits per heavy atom. The maximum atomic E-state index is 5.10. The maximum Gasteiger partial charge on any atom is 0.0700 e. The van der Waals surface area contributed by atoms with Gasteiger partial charge in [-0.1, -0.05) is 13.8 Å². The molecule has 0 aromatic carbocycles. The average molecular weight is 254 g/mol. The molecule has 0 aliphatic rings. The first kappa shape index (κ1) is 22.0. The highest BCUT2D eigenvalue weighted by Gasteiger charge is 1.82. The maximum absolute atomic E-state index is 5.10. The lowest BCUT2D eigenvalue weighted by atomic mass is 10.5. The van der Waals surface area contributed by atoms with Crippen molar-refractivity contribution in [1.29, 1.82) is 0 Å². The molecule has 0 radical (unpaired) electrons. The van der Waals surface area contributed by atoms with E-state index in [-0.39, 0.29) is 5.48 Å². The molecule has 0 fully saturated rings. The highest BCUT2D eigenvalue weighted by molar-refractivity contribution is 4.27. The van der Waals surface area contributed by atoms with E-state index in [1.165, 1.54) is 0 Å². The molecule has 0 rings (SSSR count). The number of hydrogen-bond acceptors (Lipinski definition) is 4. The second-order valence-electron chi connectivity index (χ2n) is 3.21. The third-order valence-electron chi connectivity index (χ3n) is 1.56. The smallest absolute Gasteiger partial charge is 0.0700 e. The van der Waals surface area contributed by atoms with Crippen molar-refractivity contribution in [3.05, 3.63) is 0 Å². The molecular weight excluding hydrogens is 224 g/mol. The van der Waals surface area contributed by atoms with Crippen LogP contribution >= 0.6 is 0 Å². The lowest BCUT2D eigenvalue weighted by Crippen LogP contribution is -2.01. The predicted molar refractivity (Wildman–Crippen MR) is 69.6 cm³/mol. The van der Waals surface area contributed by atoms with Crippen LogP contribution in [0.15, 0.2) is 0 Å². The summed E-state index contributed by atoms with van der Waals surface area (Å²) in [6.07, 6.45) is 2.17. The van der Waals surface area contributed by atoms with Gasteiger partial charge in [-0.2, -0.15) is 0 Å². The van der Waals surface area contributed by atoms with Gasteiger partial charge in [0.15, 0.2) is 0 Å². The van der Waals surface area contributed by atoms with Gasteiger partial charge in [-0.05, 0) is 12.8 Å². The minimum absolute atomic E-state index is 0. The third kappa shape index (κ3) is 31.3. The van der Waals surface area contributed by atoms with Crippen LogP contribution < -0.4 is 0 Å². The van der Waals surface area contributed by atoms with Gasteiger partial charge in [-0.15, -0.1) is 0 Å². The fourth-order valence-electron chi connectivity index (χ4n) is 0.777. The largest absolute Gasteiger partial charge is 0.412 e. The van der Waals surface area contributed by atoms with Crippen LogP contribution in [0.4, 0.5) is 0 Å². The van der Waals surface area contributed by atoms with Crippen molar-refractivity contribution >= 4 is 0 Å². The van der Waals surface area contributed by atoms with E-state index in [0.29, 0.717) is 13.2 Å². The Bertz CT molecular complexity index is 76.9. The van der Waals surface area contributed by atoms with E-state index in [0.717, 1.165) is 39.3 Å². The van der Waals surface area contributed by atoms with Crippen molar-refractivity contribution in [3.63, 3.8) is 0 Å². The van der Waals surface area contributed by atoms with Crippen LogP contribution in [0.3, 0.4) is 0 Å². The molecule has 0 aliphatic carbocycles. The molecule has 5 nitrogen and oxygen atoms in total. The number of methoxy groups -OCH3 is 2. The normalized spacial score (nSPS) is 9.18. The third-order valence-corrected chi connectivity index (χ3v) is 1.56. The minimum Gasteiger partial charge on any atom is -0.412 e. The fraction of sp³-hybridized carbons (Fsp3) is 1.00. The van der Waals surface area contributed by atoms with Crippen molar-refractivity contribution in [3.8, 4) is 0 Å². The zero-order valence-corrected chi connectivity index (χ0v) is 11.8. The van der Waals surface area contributed by atoms with Gasteiger partial charge in [0, 0.05) is 27.4 Å². The second kappa shape index (κ2) is 24.9. The lowest BCUT2D eigenvalue weighted by molar-refractivity contribution is 0.0710. The molecule has 0 heterocycles. The first-order valence-electron chi connectivity index (χ1n) is 5.96. The Morgan fingerprint density at radius 2 is 0.941 bits per heavy atom. The van der Waals surface area contributed by atoms with Crippen molar-refractivity contribution in [2.45, 2.75) is 26.7 Å². The Morgan fingerprint density at radius 1 is 0.588 bits per heavy atom. The fourth-order valence-corrected chi connectivity index (χ4v) is 0.777. The summed E-state index contributed by atoms with van der Waals surface area (Å²) >= 11 is 0. The summed E-state index contributed by atoms with van der Waals surface area (Å²) in [6, 6.07) is 0. The topological polar surface area (TPSA) is 68.4 Å². The average Bonchev–Trinajstić information content (AvgIpc) is 2.31. The Labute approximate surface area is 106 Å². The molecule has 17 heavy (non-hydrogen) atoms. The van der Waals surface area contributed by atoms with Crippen molar-refractivity contribution < 1.29 is 24.4 Å². The van der Waals surface area contributed by atoms with Gasteiger partial charge in [0.25, 0.3) is 0 Å². The SMILES string of the molecule is CCCOCCOC.CCCOCCOC.O. The van der Waals surface area contributed by atoms with Gasteiger partial charge in [0.1, 0.15) is 0 Å². The molecule has 0 aromatic heterocycles. The van der Waals surface area contributed by atoms with Crippen LogP contribution in [0.5, 0.6) is 0 Å². The Balaban J connectivity index is -0.000000218. The first-order valence-corrected chi connectivity index (χ1v) is 5.96. The number of ether oxygens (including phenoxy) is 4. The molecule has 0 aliphatic heterocycles. The summed E-state index contributed by atoms with van der Waals surface area (Å²) < 4.78 is 19.7. The molecule has 0 bridgehead atoms. The Kier molecular flexibility index (Phi) is 32.2. The van der Waals surface area contributed by atoms with Gasteiger partial charge >= 0.3 is 0 Å². The zero-order chi connectivity index (χ0) is 12.5. The molecular formula is C12H30O5. The summed E-state index contributed by atoms with van der Waals surface area (Å²) in [7, 11) is 3.35. The number of rotatable bonds is 10.